The van der Waals surface area contributed by atoms with Crippen molar-refractivity contribution in [3.63, 3.8) is 0 Å². The predicted octanol–water partition coefficient (Wildman–Crippen LogP) is 7.43. The minimum Gasteiger partial charge on any atom is -0.256 e. The van der Waals surface area contributed by atoms with Gasteiger partial charge < -0.3 is 0 Å². The van der Waals surface area contributed by atoms with E-state index in [1.54, 1.807) is 11.1 Å². The van der Waals surface area contributed by atoms with Crippen LogP contribution in [0.3, 0.4) is 0 Å². The van der Waals surface area contributed by atoms with Crippen LogP contribution in [0.1, 0.15) is 36.0 Å². The molecule has 1 aromatic heterocycles. The molecule has 2 aliphatic rings. The molecule has 142 valence electrons. The zero-order valence-corrected chi connectivity index (χ0v) is 16.9. The van der Waals surface area contributed by atoms with Gasteiger partial charge in [0.2, 0.25) is 0 Å². The van der Waals surface area contributed by atoms with Gasteiger partial charge >= 0.3 is 0 Å². The number of allylic oxidation sites excluding steroid dienone is 4. The lowest BCUT2D eigenvalue weighted by Gasteiger charge is -2.25. The highest BCUT2D eigenvalue weighted by atomic mass is 14.6. The summed E-state index contributed by atoms with van der Waals surface area (Å²) in [6.07, 6.45) is 11.5. The molecule has 0 fully saturated rings. The van der Waals surface area contributed by atoms with Crippen LogP contribution in [-0.2, 0) is 6.42 Å². The maximum Gasteiger partial charge on any atom is 0.0702 e. The lowest BCUT2D eigenvalue weighted by Crippen LogP contribution is -2.06. The number of fused-ring (bicyclic) bond motifs is 5. The lowest BCUT2D eigenvalue weighted by atomic mass is 9.80. The zero-order chi connectivity index (χ0) is 19.6. The maximum atomic E-state index is 4.28. The number of benzene rings is 3. The first-order valence-electron chi connectivity index (χ1n) is 10.5. The molecule has 0 radical (unpaired) electrons. The van der Waals surface area contributed by atoms with Crippen LogP contribution < -0.4 is 0 Å². The van der Waals surface area contributed by atoms with Crippen LogP contribution in [0.5, 0.6) is 0 Å². The Labute approximate surface area is 172 Å². The van der Waals surface area contributed by atoms with Crippen molar-refractivity contribution >= 4 is 27.2 Å². The third kappa shape index (κ3) is 3.49. The summed E-state index contributed by atoms with van der Waals surface area (Å²) >= 11 is 0. The van der Waals surface area contributed by atoms with Crippen molar-refractivity contribution in [3.05, 3.63) is 107 Å². The fraction of sp³-hybridized carbons (Fsp3) is 0.179. The van der Waals surface area contributed by atoms with Crippen molar-refractivity contribution in [3.8, 4) is 0 Å². The van der Waals surface area contributed by atoms with Crippen LogP contribution in [-0.4, -0.2) is 4.98 Å². The van der Waals surface area contributed by atoms with Crippen molar-refractivity contribution in [1.82, 2.24) is 4.98 Å². The average molecular weight is 376 g/mol. The summed E-state index contributed by atoms with van der Waals surface area (Å²) in [4.78, 5) is 4.28. The summed E-state index contributed by atoms with van der Waals surface area (Å²) in [7, 11) is 0. The molecule has 1 heteroatoms. The molecule has 29 heavy (non-hydrogen) atoms. The predicted molar refractivity (Wildman–Crippen MR) is 124 cm³/mol. The van der Waals surface area contributed by atoms with E-state index in [0.29, 0.717) is 0 Å². The number of nitrogens with zero attached hydrogens (tertiary/aromatic N) is 1. The van der Waals surface area contributed by atoms with Gasteiger partial charge in [-0.15, -0.1) is 0 Å². The van der Waals surface area contributed by atoms with Gasteiger partial charge in [0.25, 0.3) is 0 Å². The fourth-order valence-corrected chi connectivity index (χ4v) is 4.57. The number of pyridine rings is 1. The topological polar surface area (TPSA) is 12.9 Å². The van der Waals surface area contributed by atoms with E-state index in [1.807, 2.05) is 24.4 Å². The summed E-state index contributed by atoms with van der Waals surface area (Å²) < 4.78 is 0. The van der Waals surface area contributed by atoms with Gasteiger partial charge in [0.1, 0.15) is 0 Å². The highest BCUT2D eigenvalue weighted by Gasteiger charge is 2.20. The highest BCUT2D eigenvalue weighted by molar-refractivity contribution is 5.93. The number of aryl methyl sites for hydroxylation is 2. The van der Waals surface area contributed by atoms with Crippen molar-refractivity contribution in [1.29, 1.82) is 0 Å². The second kappa shape index (κ2) is 7.67. The largest absolute Gasteiger partial charge is 0.256 e. The second-order valence-corrected chi connectivity index (χ2v) is 7.98. The highest BCUT2D eigenvalue weighted by Crippen LogP contribution is 2.39. The molecule has 1 nitrogen and oxygen atoms in total. The van der Waals surface area contributed by atoms with Crippen LogP contribution in [0.25, 0.3) is 27.2 Å². The molecule has 0 aliphatic heterocycles. The van der Waals surface area contributed by atoms with Gasteiger partial charge in [-0.1, -0.05) is 72.3 Å². The molecule has 0 unspecified atom stereocenters. The number of aromatic nitrogens is 1. The Hall–Kier alpha value is -3.19. The van der Waals surface area contributed by atoms with E-state index >= 15 is 0 Å². The molecular formula is C28H25N. The molecule has 0 bridgehead atoms. The second-order valence-electron chi connectivity index (χ2n) is 7.98. The SMILES string of the molecule is C1=CC2=C(CC1)CCc1c2ccc2ccccc12.Cc1cnc2ccccc2c1. The number of para-hydroxylation sites is 1. The van der Waals surface area contributed by atoms with Crippen molar-refractivity contribution in [2.24, 2.45) is 0 Å². The summed E-state index contributed by atoms with van der Waals surface area (Å²) in [6, 6.07) is 23.6. The molecule has 6 rings (SSSR count). The molecule has 0 amide bonds. The Balaban J connectivity index is 0.000000142. The van der Waals surface area contributed by atoms with E-state index in [-0.39, 0.29) is 0 Å². The van der Waals surface area contributed by atoms with E-state index in [9.17, 15) is 0 Å². The van der Waals surface area contributed by atoms with Crippen molar-refractivity contribution < 1.29 is 0 Å². The smallest absolute Gasteiger partial charge is 0.0702 e. The molecule has 3 aromatic carbocycles. The molecule has 0 spiro atoms. The number of hydrogen-bond donors (Lipinski definition) is 0. The fourth-order valence-electron chi connectivity index (χ4n) is 4.57. The number of rotatable bonds is 0. The first kappa shape index (κ1) is 17.9. The van der Waals surface area contributed by atoms with Gasteiger partial charge in [-0.3, -0.25) is 4.98 Å². The minimum absolute atomic E-state index is 1.07. The first-order valence-corrected chi connectivity index (χ1v) is 10.5. The van der Waals surface area contributed by atoms with Gasteiger partial charge in [-0.05, 0) is 77.8 Å². The average Bonchev–Trinajstić information content (AvgIpc) is 2.79. The van der Waals surface area contributed by atoms with Gasteiger partial charge in [0.15, 0.2) is 0 Å². The molecule has 4 aromatic rings. The van der Waals surface area contributed by atoms with Crippen LogP contribution in [0.2, 0.25) is 0 Å². The Bertz CT molecular complexity index is 1260. The standard InChI is InChI=1S/C18H16.C10H9N/c1-3-7-15-13(5-1)9-11-18-16-8-4-2-6-14(16)10-12-17(15)18;1-8-6-9-4-2-3-5-10(9)11-7-8/h1,3-5,7-9,11H,2,6,10,12H2;2-7H,1H3. The van der Waals surface area contributed by atoms with Crippen LogP contribution in [0, 0.1) is 6.92 Å². The molecule has 0 saturated heterocycles. The molecule has 2 aliphatic carbocycles. The van der Waals surface area contributed by atoms with Crippen LogP contribution in [0.4, 0.5) is 0 Å². The van der Waals surface area contributed by atoms with E-state index in [2.05, 4.69) is 72.6 Å². The third-order valence-electron chi connectivity index (χ3n) is 6.01. The first-order chi connectivity index (χ1) is 14.3. The molecule has 0 saturated carbocycles. The lowest BCUT2D eigenvalue weighted by molar-refractivity contribution is 0.831. The van der Waals surface area contributed by atoms with Gasteiger partial charge in [-0.2, -0.15) is 0 Å². The quantitative estimate of drug-likeness (QED) is 0.311. The maximum absolute atomic E-state index is 4.28. The normalized spacial score (nSPS) is 14.9. The van der Waals surface area contributed by atoms with Crippen LogP contribution in [0.15, 0.2) is 90.7 Å². The minimum atomic E-state index is 1.07. The van der Waals surface area contributed by atoms with Gasteiger partial charge in [-0.25, -0.2) is 0 Å². The van der Waals surface area contributed by atoms with Crippen LogP contribution >= 0.6 is 0 Å². The van der Waals surface area contributed by atoms with Crippen molar-refractivity contribution in [2.45, 2.75) is 32.6 Å². The van der Waals surface area contributed by atoms with E-state index in [0.717, 1.165) is 5.52 Å². The van der Waals surface area contributed by atoms with E-state index in [1.165, 1.54) is 58.5 Å². The van der Waals surface area contributed by atoms with E-state index < -0.39 is 0 Å². The zero-order valence-electron chi connectivity index (χ0n) is 16.9. The monoisotopic (exact) mass is 375 g/mol. The van der Waals surface area contributed by atoms with E-state index in [4.69, 9.17) is 0 Å². The Morgan fingerprint density at radius 2 is 1.62 bits per heavy atom. The number of hydrogen-bond acceptors (Lipinski definition) is 1. The summed E-state index contributed by atoms with van der Waals surface area (Å²) in [5.41, 5.74) is 8.49. The third-order valence-corrected chi connectivity index (χ3v) is 6.01. The van der Waals surface area contributed by atoms with Gasteiger partial charge in [0.05, 0.1) is 5.52 Å². The Morgan fingerprint density at radius 3 is 2.55 bits per heavy atom. The summed E-state index contributed by atoms with van der Waals surface area (Å²) in [6.45, 7) is 2.06. The molecule has 0 N–H and O–H groups in total. The molecule has 1 heterocycles. The molecular weight excluding hydrogens is 350 g/mol. The Kier molecular flexibility index (Phi) is 4.73. The Morgan fingerprint density at radius 1 is 0.793 bits per heavy atom. The molecule has 0 atom stereocenters. The van der Waals surface area contributed by atoms with Gasteiger partial charge in [0, 0.05) is 11.6 Å². The summed E-state index contributed by atoms with van der Waals surface area (Å²) in [5.74, 6) is 0. The summed E-state index contributed by atoms with van der Waals surface area (Å²) in [5, 5.41) is 4.04. The van der Waals surface area contributed by atoms with Crippen molar-refractivity contribution in [2.75, 3.05) is 0 Å².